The lowest BCUT2D eigenvalue weighted by molar-refractivity contribution is 0.127. The Hall–Kier alpha value is -2.71. The molecular formula is C19H24N6O2. The fourth-order valence-corrected chi connectivity index (χ4v) is 3.65. The predicted octanol–water partition coefficient (Wildman–Crippen LogP) is 0.701. The molecule has 4 rings (SSSR count). The molecule has 0 aromatic carbocycles. The number of fused-ring (bicyclic) bond motifs is 1. The van der Waals surface area contributed by atoms with Gasteiger partial charge in [-0.15, -0.1) is 0 Å². The van der Waals surface area contributed by atoms with Crippen molar-refractivity contribution in [1.82, 2.24) is 29.0 Å². The van der Waals surface area contributed by atoms with E-state index in [1.807, 2.05) is 6.20 Å². The number of rotatable bonds is 5. The summed E-state index contributed by atoms with van der Waals surface area (Å²) in [5.41, 5.74) is 1.81. The minimum absolute atomic E-state index is 0.407. The molecule has 0 amide bonds. The van der Waals surface area contributed by atoms with E-state index >= 15 is 0 Å². The van der Waals surface area contributed by atoms with Gasteiger partial charge in [0.05, 0.1) is 17.4 Å². The van der Waals surface area contributed by atoms with Crippen molar-refractivity contribution in [2.45, 2.75) is 19.9 Å². The van der Waals surface area contributed by atoms with Crippen molar-refractivity contribution in [1.29, 1.82) is 0 Å². The lowest BCUT2D eigenvalue weighted by atomic mass is 10.2. The number of nitrogens with one attached hydrogen (secondary N) is 1. The second-order valence-corrected chi connectivity index (χ2v) is 6.99. The van der Waals surface area contributed by atoms with Gasteiger partial charge in [0.2, 0.25) is 0 Å². The Labute approximate surface area is 156 Å². The number of aromatic nitrogens is 4. The highest BCUT2D eigenvalue weighted by molar-refractivity contribution is 5.64. The first-order chi connectivity index (χ1) is 13.1. The van der Waals surface area contributed by atoms with Gasteiger partial charge >= 0.3 is 5.69 Å². The van der Waals surface area contributed by atoms with Crippen molar-refractivity contribution >= 4 is 5.52 Å². The highest BCUT2D eigenvalue weighted by Gasteiger charge is 2.17. The van der Waals surface area contributed by atoms with Gasteiger partial charge in [-0.1, -0.05) is 6.92 Å². The van der Waals surface area contributed by atoms with E-state index in [1.54, 1.807) is 10.7 Å². The normalized spacial score (nSPS) is 16.2. The smallest absolute Gasteiger partial charge is 0.301 e. The number of pyridine rings is 1. The Balaban J connectivity index is 1.57. The van der Waals surface area contributed by atoms with Gasteiger partial charge in [-0.05, 0) is 30.7 Å². The summed E-state index contributed by atoms with van der Waals surface area (Å²) in [6.07, 6.45) is 6.24. The number of nitrogens with zero attached hydrogens (tertiary/aromatic N) is 5. The third-order valence-corrected chi connectivity index (χ3v) is 5.06. The first-order valence-corrected chi connectivity index (χ1v) is 9.37. The molecule has 1 aliphatic heterocycles. The molecule has 3 aromatic rings. The maximum atomic E-state index is 12.1. The molecule has 1 fully saturated rings. The lowest BCUT2D eigenvalue weighted by Crippen LogP contribution is -2.45. The van der Waals surface area contributed by atoms with Gasteiger partial charge in [-0.3, -0.25) is 19.2 Å². The zero-order valence-corrected chi connectivity index (χ0v) is 15.5. The highest BCUT2D eigenvalue weighted by atomic mass is 16.2. The summed E-state index contributed by atoms with van der Waals surface area (Å²) in [6.45, 7) is 8.63. The average Bonchev–Trinajstić information content (AvgIpc) is 3.07. The van der Waals surface area contributed by atoms with Gasteiger partial charge < -0.3 is 4.90 Å². The monoisotopic (exact) mass is 368 g/mol. The van der Waals surface area contributed by atoms with Crippen LogP contribution in [0.4, 0.5) is 0 Å². The summed E-state index contributed by atoms with van der Waals surface area (Å²) in [5.74, 6) is 0. The maximum Gasteiger partial charge on any atom is 0.333 e. The van der Waals surface area contributed by atoms with Crippen LogP contribution in [0.2, 0.25) is 0 Å². The Morgan fingerprint density at radius 2 is 1.85 bits per heavy atom. The summed E-state index contributed by atoms with van der Waals surface area (Å²) >= 11 is 0. The van der Waals surface area contributed by atoms with E-state index in [2.05, 4.69) is 38.9 Å². The van der Waals surface area contributed by atoms with E-state index in [0.29, 0.717) is 5.69 Å². The summed E-state index contributed by atoms with van der Waals surface area (Å²) in [4.78, 5) is 30.7. The van der Waals surface area contributed by atoms with Gasteiger partial charge in [-0.2, -0.15) is 5.10 Å². The summed E-state index contributed by atoms with van der Waals surface area (Å²) in [7, 11) is 0. The molecule has 27 heavy (non-hydrogen) atoms. The van der Waals surface area contributed by atoms with Crippen molar-refractivity contribution in [3.8, 4) is 5.69 Å². The molecule has 0 radical (unpaired) electrons. The minimum Gasteiger partial charge on any atom is -0.301 e. The molecule has 3 aromatic heterocycles. The first kappa shape index (κ1) is 17.7. The fourth-order valence-electron chi connectivity index (χ4n) is 3.65. The molecule has 8 nitrogen and oxygen atoms in total. The van der Waals surface area contributed by atoms with Crippen LogP contribution in [0.25, 0.3) is 11.2 Å². The molecule has 0 unspecified atom stereocenters. The third-order valence-electron chi connectivity index (χ3n) is 5.06. The molecule has 0 atom stereocenters. The average molecular weight is 368 g/mol. The van der Waals surface area contributed by atoms with Crippen LogP contribution in [-0.2, 0) is 6.54 Å². The van der Waals surface area contributed by atoms with Gasteiger partial charge in [0.1, 0.15) is 0 Å². The number of piperazine rings is 1. The topological polar surface area (TPSA) is 78.6 Å². The lowest BCUT2D eigenvalue weighted by Gasteiger charge is -2.34. The van der Waals surface area contributed by atoms with Gasteiger partial charge in [-0.25, -0.2) is 9.31 Å². The zero-order valence-electron chi connectivity index (χ0n) is 15.5. The Morgan fingerprint density at radius 1 is 1.07 bits per heavy atom. The largest absolute Gasteiger partial charge is 0.333 e. The fraction of sp³-hybridized carbons (Fsp3) is 0.421. The molecule has 0 spiro atoms. The molecule has 1 saturated heterocycles. The van der Waals surface area contributed by atoms with E-state index < -0.39 is 11.2 Å². The molecule has 142 valence electrons. The minimum atomic E-state index is -0.463. The van der Waals surface area contributed by atoms with Crippen molar-refractivity contribution in [3.63, 3.8) is 0 Å². The first-order valence-electron chi connectivity index (χ1n) is 9.37. The van der Waals surface area contributed by atoms with Crippen molar-refractivity contribution in [2.24, 2.45) is 0 Å². The van der Waals surface area contributed by atoms with E-state index in [4.69, 9.17) is 0 Å². The molecule has 1 N–H and O–H groups in total. The molecule has 0 bridgehead atoms. The number of hydrogen-bond acceptors (Lipinski definition) is 5. The summed E-state index contributed by atoms with van der Waals surface area (Å²) in [5, 5.41) is 4.32. The SMILES string of the molecule is CCCN1CCN(Cc2ccn3ncc(-n4ccc(=O)[nH]c4=O)c3c2)CC1. The maximum absolute atomic E-state index is 12.1. The summed E-state index contributed by atoms with van der Waals surface area (Å²) in [6, 6.07) is 5.47. The van der Waals surface area contributed by atoms with Crippen LogP contribution in [0, 0.1) is 0 Å². The Kier molecular flexibility index (Phi) is 4.91. The molecule has 8 heteroatoms. The van der Waals surface area contributed by atoms with Gasteiger partial charge in [0.25, 0.3) is 5.56 Å². The van der Waals surface area contributed by atoms with Crippen LogP contribution in [0.1, 0.15) is 18.9 Å². The van der Waals surface area contributed by atoms with Crippen molar-refractivity contribution in [2.75, 3.05) is 32.7 Å². The Bertz CT molecular complexity index is 1040. The number of aromatic amines is 1. The molecule has 0 saturated carbocycles. The third kappa shape index (κ3) is 3.72. The van der Waals surface area contributed by atoms with E-state index in [0.717, 1.165) is 38.2 Å². The van der Waals surface area contributed by atoms with Crippen LogP contribution in [-0.4, -0.2) is 61.7 Å². The van der Waals surface area contributed by atoms with Crippen molar-refractivity contribution in [3.05, 3.63) is 63.2 Å². The van der Waals surface area contributed by atoms with E-state index in [-0.39, 0.29) is 0 Å². The van der Waals surface area contributed by atoms with Crippen molar-refractivity contribution < 1.29 is 0 Å². The van der Waals surface area contributed by atoms with Gasteiger partial charge in [0, 0.05) is 51.2 Å². The molecule has 0 aliphatic carbocycles. The van der Waals surface area contributed by atoms with Crippen LogP contribution in [0.15, 0.2) is 46.4 Å². The Morgan fingerprint density at radius 3 is 2.59 bits per heavy atom. The number of hydrogen-bond donors (Lipinski definition) is 1. The van der Waals surface area contributed by atoms with Crippen LogP contribution in [0.3, 0.4) is 0 Å². The van der Waals surface area contributed by atoms with Crippen LogP contribution >= 0.6 is 0 Å². The molecular weight excluding hydrogens is 344 g/mol. The predicted molar refractivity (Wildman–Crippen MR) is 103 cm³/mol. The standard InChI is InChI=1S/C19H24N6O2/c1-2-5-22-8-10-23(11-9-22)14-15-3-7-25-16(12-15)17(13-20-25)24-6-4-18(26)21-19(24)27/h3-4,6-7,12-13H,2,5,8-11,14H2,1H3,(H,21,26,27). The van der Waals surface area contributed by atoms with E-state index in [1.165, 1.54) is 35.4 Å². The molecule has 4 heterocycles. The van der Waals surface area contributed by atoms with Crippen LogP contribution < -0.4 is 11.2 Å². The second-order valence-electron chi connectivity index (χ2n) is 6.99. The molecule has 1 aliphatic rings. The zero-order chi connectivity index (χ0) is 18.8. The van der Waals surface area contributed by atoms with Gasteiger partial charge in [0.15, 0.2) is 0 Å². The quantitative estimate of drug-likeness (QED) is 0.717. The highest BCUT2D eigenvalue weighted by Crippen LogP contribution is 2.17. The van der Waals surface area contributed by atoms with E-state index in [9.17, 15) is 9.59 Å². The second kappa shape index (κ2) is 7.50. The number of H-pyrrole nitrogens is 1. The summed E-state index contributed by atoms with van der Waals surface area (Å²) < 4.78 is 3.16. The van der Waals surface area contributed by atoms with Crippen LogP contribution in [0.5, 0.6) is 0 Å².